The van der Waals surface area contributed by atoms with Gasteiger partial charge in [-0.05, 0) is 18.6 Å². The van der Waals surface area contributed by atoms with Crippen molar-refractivity contribution in [3.8, 4) is 12.3 Å². The monoisotopic (exact) mass is 246 g/mol. The Hall–Kier alpha value is -1.86. The van der Waals surface area contributed by atoms with Gasteiger partial charge in [-0.1, -0.05) is 6.92 Å². The Morgan fingerprint density at radius 1 is 1.61 bits per heavy atom. The van der Waals surface area contributed by atoms with E-state index >= 15 is 0 Å². The van der Waals surface area contributed by atoms with Crippen LogP contribution in [0.5, 0.6) is 0 Å². The van der Waals surface area contributed by atoms with Crippen LogP contribution in [0.3, 0.4) is 0 Å². The average molecular weight is 246 g/mol. The molecule has 0 bridgehead atoms. The number of carbonyl (C=O) groups excluding carboxylic acids is 1. The largest absolute Gasteiger partial charge is 0.465 e. The highest BCUT2D eigenvalue weighted by molar-refractivity contribution is 5.88. The molecular weight excluding hydrogens is 228 g/mol. The highest BCUT2D eigenvalue weighted by atomic mass is 16.5. The summed E-state index contributed by atoms with van der Waals surface area (Å²) in [5.41, 5.74) is 1.33. The topological polar surface area (TPSA) is 51.2 Å². The van der Waals surface area contributed by atoms with Crippen molar-refractivity contribution in [3.63, 3.8) is 0 Å². The molecule has 0 saturated heterocycles. The van der Waals surface area contributed by atoms with Gasteiger partial charge in [0.15, 0.2) is 0 Å². The lowest BCUT2D eigenvalue weighted by atomic mass is 10.1. The molecule has 1 aromatic heterocycles. The van der Waals surface area contributed by atoms with Gasteiger partial charge in [-0.3, -0.25) is 4.98 Å². The van der Waals surface area contributed by atoms with Crippen molar-refractivity contribution < 1.29 is 9.53 Å². The van der Waals surface area contributed by atoms with Crippen LogP contribution in [0.25, 0.3) is 0 Å². The highest BCUT2D eigenvalue weighted by Crippen LogP contribution is 2.03. The fourth-order valence-electron chi connectivity index (χ4n) is 1.52. The Morgan fingerprint density at radius 3 is 2.89 bits per heavy atom. The molecule has 0 aliphatic heterocycles. The second-order valence-electron chi connectivity index (χ2n) is 3.92. The van der Waals surface area contributed by atoms with Gasteiger partial charge in [-0.25, -0.2) is 4.79 Å². The minimum absolute atomic E-state index is 0.303. The van der Waals surface area contributed by atoms with Crippen molar-refractivity contribution in [2.24, 2.45) is 0 Å². The average Bonchev–Trinajstić information content (AvgIpc) is 2.43. The molecule has 1 N–H and O–H groups in total. The van der Waals surface area contributed by atoms with E-state index in [1.165, 1.54) is 13.3 Å². The summed E-state index contributed by atoms with van der Waals surface area (Å²) in [5.74, 6) is 2.27. The molecule has 0 radical (unpaired) electrons. The van der Waals surface area contributed by atoms with Gasteiger partial charge in [0, 0.05) is 25.2 Å². The molecule has 1 unspecified atom stereocenters. The number of nitrogens with zero attached hydrogens (tertiary/aromatic N) is 1. The van der Waals surface area contributed by atoms with Crippen molar-refractivity contribution in [1.82, 2.24) is 10.3 Å². The first-order valence-corrected chi connectivity index (χ1v) is 5.91. The smallest absolute Gasteiger partial charge is 0.339 e. The lowest BCUT2D eigenvalue weighted by molar-refractivity contribution is 0.0600. The third-order valence-corrected chi connectivity index (χ3v) is 2.67. The van der Waals surface area contributed by atoms with E-state index in [1.807, 2.05) is 6.07 Å². The maximum atomic E-state index is 11.2. The summed E-state index contributed by atoms with van der Waals surface area (Å²) in [5, 5.41) is 3.33. The Labute approximate surface area is 108 Å². The lowest BCUT2D eigenvalue weighted by Gasteiger charge is -2.13. The molecule has 0 amide bonds. The number of rotatable bonds is 6. The van der Waals surface area contributed by atoms with Crippen molar-refractivity contribution in [2.45, 2.75) is 32.4 Å². The molecule has 0 saturated carbocycles. The van der Waals surface area contributed by atoms with Crippen molar-refractivity contribution in [1.29, 1.82) is 0 Å². The van der Waals surface area contributed by atoms with Gasteiger partial charge in [0.1, 0.15) is 0 Å². The molecule has 1 rings (SSSR count). The summed E-state index contributed by atoms with van der Waals surface area (Å²) in [6.45, 7) is 2.73. The fourth-order valence-corrected chi connectivity index (χ4v) is 1.52. The maximum Gasteiger partial charge on any atom is 0.339 e. The summed E-state index contributed by atoms with van der Waals surface area (Å²) in [7, 11) is 1.35. The predicted molar refractivity (Wildman–Crippen MR) is 69.9 cm³/mol. The number of aromatic nitrogens is 1. The summed E-state index contributed by atoms with van der Waals surface area (Å²) in [6.07, 6.45) is 8.49. The van der Waals surface area contributed by atoms with Crippen LogP contribution in [0.4, 0.5) is 0 Å². The summed E-state index contributed by atoms with van der Waals surface area (Å²) >= 11 is 0. The Morgan fingerprint density at radius 2 is 2.39 bits per heavy atom. The number of hydrogen-bond donors (Lipinski definition) is 1. The SMILES string of the molecule is C#CCC(CC)NCc1ccc(C(=O)OC)cn1. The lowest BCUT2D eigenvalue weighted by Crippen LogP contribution is -2.27. The van der Waals surface area contributed by atoms with E-state index < -0.39 is 0 Å². The van der Waals surface area contributed by atoms with Gasteiger partial charge in [0.25, 0.3) is 0 Å². The zero-order valence-electron chi connectivity index (χ0n) is 10.8. The van der Waals surface area contributed by atoms with Crippen LogP contribution < -0.4 is 5.32 Å². The number of methoxy groups -OCH3 is 1. The molecule has 18 heavy (non-hydrogen) atoms. The second-order valence-corrected chi connectivity index (χ2v) is 3.92. The van der Waals surface area contributed by atoms with Crippen LogP contribution in [0, 0.1) is 12.3 Å². The van der Waals surface area contributed by atoms with Crippen LogP contribution in [0.1, 0.15) is 35.8 Å². The standard InChI is InChI=1S/C14H18N2O2/c1-4-6-12(5-2)16-10-13-8-7-11(9-15-13)14(17)18-3/h1,7-9,12,16H,5-6,10H2,2-3H3. The first kappa shape index (κ1) is 14.2. The minimum Gasteiger partial charge on any atom is -0.465 e. The molecule has 4 nitrogen and oxygen atoms in total. The Bertz CT molecular complexity index is 420. The zero-order valence-corrected chi connectivity index (χ0v) is 10.8. The van der Waals surface area contributed by atoms with Gasteiger partial charge in [-0.15, -0.1) is 12.3 Å². The van der Waals surface area contributed by atoms with Gasteiger partial charge in [0.05, 0.1) is 18.4 Å². The molecule has 0 aromatic carbocycles. The highest BCUT2D eigenvalue weighted by Gasteiger charge is 2.07. The van der Waals surface area contributed by atoms with Crippen LogP contribution in [-0.4, -0.2) is 24.1 Å². The third kappa shape index (κ3) is 4.19. The summed E-state index contributed by atoms with van der Waals surface area (Å²) in [4.78, 5) is 15.4. The number of hydrogen-bond acceptors (Lipinski definition) is 4. The zero-order chi connectivity index (χ0) is 13.4. The van der Waals surface area contributed by atoms with E-state index in [-0.39, 0.29) is 5.97 Å². The molecule has 1 atom stereocenters. The normalized spacial score (nSPS) is 11.6. The first-order valence-electron chi connectivity index (χ1n) is 5.91. The van der Waals surface area contributed by atoms with E-state index in [0.29, 0.717) is 24.6 Å². The fraction of sp³-hybridized carbons (Fsp3) is 0.429. The summed E-state index contributed by atoms with van der Waals surface area (Å²) in [6, 6.07) is 3.82. The first-order chi connectivity index (χ1) is 8.71. The third-order valence-electron chi connectivity index (χ3n) is 2.67. The van der Waals surface area contributed by atoms with Gasteiger partial charge >= 0.3 is 5.97 Å². The molecule has 0 aliphatic carbocycles. The molecule has 0 fully saturated rings. The van der Waals surface area contributed by atoms with E-state index in [4.69, 9.17) is 6.42 Å². The molecule has 1 aromatic rings. The van der Waals surface area contributed by atoms with Crippen LogP contribution in [0.15, 0.2) is 18.3 Å². The van der Waals surface area contributed by atoms with Crippen molar-refractivity contribution in [2.75, 3.05) is 7.11 Å². The predicted octanol–water partition coefficient (Wildman–Crippen LogP) is 1.76. The van der Waals surface area contributed by atoms with Gasteiger partial charge in [-0.2, -0.15) is 0 Å². The molecular formula is C14H18N2O2. The maximum absolute atomic E-state index is 11.2. The Kier molecular flexibility index (Phi) is 5.89. The van der Waals surface area contributed by atoms with E-state index in [2.05, 4.69) is 27.9 Å². The van der Waals surface area contributed by atoms with Crippen molar-refractivity contribution in [3.05, 3.63) is 29.6 Å². The quantitative estimate of drug-likeness (QED) is 0.614. The van der Waals surface area contributed by atoms with Gasteiger partial charge in [0.2, 0.25) is 0 Å². The number of nitrogens with one attached hydrogen (secondary N) is 1. The molecule has 4 heteroatoms. The Balaban J connectivity index is 2.54. The van der Waals surface area contributed by atoms with Crippen molar-refractivity contribution >= 4 is 5.97 Å². The molecule has 96 valence electrons. The second kappa shape index (κ2) is 7.46. The molecule has 0 aliphatic rings. The minimum atomic E-state index is -0.374. The van der Waals surface area contributed by atoms with E-state index in [9.17, 15) is 4.79 Å². The summed E-state index contributed by atoms with van der Waals surface area (Å²) < 4.78 is 4.61. The van der Waals surface area contributed by atoms with Gasteiger partial charge < -0.3 is 10.1 Å². The number of carbonyl (C=O) groups is 1. The number of terminal acetylenes is 1. The van der Waals surface area contributed by atoms with Crippen LogP contribution >= 0.6 is 0 Å². The van der Waals surface area contributed by atoms with Crippen LogP contribution in [0.2, 0.25) is 0 Å². The molecule has 0 spiro atoms. The number of pyridine rings is 1. The van der Waals surface area contributed by atoms with E-state index in [1.54, 1.807) is 6.07 Å². The van der Waals surface area contributed by atoms with Crippen LogP contribution in [-0.2, 0) is 11.3 Å². The molecule has 1 heterocycles. The van der Waals surface area contributed by atoms with E-state index in [0.717, 1.165) is 12.1 Å². The number of ether oxygens (including phenoxy) is 1. The number of esters is 1.